The number of aliphatic carboxylic acids is 2. The van der Waals surface area contributed by atoms with E-state index in [1.807, 2.05) is 0 Å². The highest BCUT2D eigenvalue weighted by Gasteiger charge is 2.37. The molecule has 4 aromatic carbocycles. The fourth-order valence-electron chi connectivity index (χ4n) is 8.41. The SMILES string of the molecule is C[C@@H](O)[C@H](NC(=O)[C@H](Cc1ccc(O)cc1)NC(=O)[C@H](Cc1ccccc1)NC(=O)[C@H](Cc1ccc(O)cc1)NC(=O)[C@H](CC(=O)O)NC(=O)[C@H](CO)NC(=O)[C@H](Cc1ccc(O)cc1)NC(=O)[C@H](CCC(N)=O)NC(=O)[C@@H](N)CCC(N)=O)C(=O)O. The van der Waals surface area contributed by atoms with Gasteiger partial charge >= 0.3 is 11.9 Å². The third-order valence-corrected chi connectivity index (χ3v) is 13.2. The number of phenolic OH excluding ortho intramolecular Hbond substituents is 3. The van der Waals surface area contributed by atoms with E-state index in [4.69, 9.17) is 17.2 Å². The Kier molecular flexibility index (Phi) is 27.0. The average Bonchev–Trinajstić information content (AvgIpc) is 2.97. The van der Waals surface area contributed by atoms with Crippen molar-refractivity contribution < 1.29 is 93.3 Å². The first-order valence-electron chi connectivity index (χ1n) is 27.0. The summed E-state index contributed by atoms with van der Waals surface area (Å²) in [6, 6.07) is 8.33. The van der Waals surface area contributed by atoms with E-state index in [0.29, 0.717) is 16.7 Å². The number of benzene rings is 4. The maximum atomic E-state index is 14.6. The van der Waals surface area contributed by atoms with Gasteiger partial charge in [0.15, 0.2) is 6.04 Å². The van der Waals surface area contributed by atoms with E-state index >= 15 is 0 Å². The first-order chi connectivity index (χ1) is 41.1. The topological polar surface area (TPSA) is 521 Å². The van der Waals surface area contributed by atoms with E-state index in [0.717, 1.165) is 6.92 Å². The van der Waals surface area contributed by atoms with Crippen LogP contribution in [0.1, 0.15) is 61.3 Å². The molecule has 0 unspecified atom stereocenters. The number of primary amides is 2. The number of carbonyl (C=O) groups is 12. The third-order valence-electron chi connectivity index (χ3n) is 13.2. The van der Waals surface area contributed by atoms with Crippen LogP contribution in [0.25, 0.3) is 0 Å². The lowest BCUT2D eigenvalue weighted by Gasteiger charge is -2.28. The highest BCUT2D eigenvalue weighted by molar-refractivity contribution is 5.99. The van der Waals surface area contributed by atoms with Crippen LogP contribution < -0.4 is 59.7 Å². The number of phenols is 3. The second-order valence-electron chi connectivity index (χ2n) is 20.2. The number of nitrogens with two attached hydrogens (primary N) is 3. The summed E-state index contributed by atoms with van der Waals surface area (Å²) in [7, 11) is 0. The Hall–Kier alpha value is -10.2. The van der Waals surface area contributed by atoms with Crippen molar-refractivity contribution in [1.82, 2.24) is 42.5 Å². The summed E-state index contributed by atoms with van der Waals surface area (Å²) in [4.78, 5) is 160. The van der Waals surface area contributed by atoms with Crippen LogP contribution in [-0.2, 0) is 83.2 Å². The van der Waals surface area contributed by atoms with Gasteiger partial charge in [-0.2, -0.15) is 0 Å². The lowest BCUT2D eigenvalue weighted by molar-refractivity contribution is -0.145. The molecular formula is C57H71N11O19. The zero-order chi connectivity index (χ0) is 64.5. The highest BCUT2D eigenvalue weighted by atomic mass is 16.4. The molecule has 30 nitrogen and oxygen atoms in total. The fourth-order valence-corrected chi connectivity index (χ4v) is 8.41. The Morgan fingerprint density at radius 1 is 0.414 bits per heavy atom. The van der Waals surface area contributed by atoms with E-state index in [-0.39, 0.29) is 48.5 Å². The molecule has 4 aromatic rings. The lowest BCUT2D eigenvalue weighted by Crippen LogP contribution is -2.62. The van der Waals surface area contributed by atoms with Gasteiger partial charge in [0.1, 0.15) is 59.5 Å². The number of aromatic hydroxyl groups is 3. The summed E-state index contributed by atoms with van der Waals surface area (Å²) >= 11 is 0. The smallest absolute Gasteiger partial charge is 0.328 e. The van der Waals surface area contributed by atoms with E-state index in [2.05, 4.69) is 42.5 Å². The molecule has 0 heterocycles. The molecule has 0 bridgehead atoms. The van der Waals surface area contributed by atoms with Gasteiger partial charge in [0, 0.05) is 38.5 Å². The molecule has 0 saturated heterocycles. The van der Waals surface area contributed by atoms with Crippen molar-refractivity contribution in [2.75, 3.05) is 6.61 Å². The number of hydrogen-bond donors (Lipinski definition) is 18. The van der Waals surface area contributed by atoms with Gasteiger partial charge in [-0.25, -0.2) is 4.79 Å². The molecular weight excluding hydrogens is 1140 g/mol. The van der Waals surface area contributed by atoms with Crippen LogP contribution in [0.4, 0.5) is 0 Å². The predicted molar refractivity (Wildman–Crippen MR) is 305 cm³/mol. The van der Waals surface area contributed by atoms with Gasteiger partial charge < -0.3 is 95.5 Å². The Morgan fingerprint density at radius 3 is 1.08 bits per heavy atom. The molecule has 30 heteroatoms. The quantitative estimate of drug-likeness (QED) is 0.0207. The number of rotatable bonds is 35. The minimum atomic E-state index is -2.11. The van der Waals surface area contributed by atoms with Crippen LogP contribution in [0.5, 0.6) is 17.2 Å². The maximum absolute atomic E-state index is 14.6. The Balaban J connectivity index is 1.65. The molecule has 0 radical (unpaired) electrons. The van der Waals surface area contributed by atoms with E-state index in [1.54, 1.807) is 30.3 Å². The summed E-state index contributed by atoms with van der Waals surface area (Å²) in [6.45, 7) is -0.119. The van der Waals surface area contributed by atoms with E-state index in [1.165, 1.54) is 72.8 Å². The summed E-state index contributed by atoms with van der Waals surface area (Å²) in [5, 5.41) is 88.9. The fraction of sp³-hybridized carbons (Fsp3) is 0.368. The van der Waals surface area contributed by atoms with Gasteiger partial charge in [-0.1, -0.05) is 66.7 Å². The van der Waals surface area contributed by atoms with Crippen LogP contribution in [0.2, 0.25) is 0 Å². The molecule has 10 amide bonds. The second kappa shape index (κ2) is 33.9. The minimum absolute atomic E-state index is 0.142. The van der Waals surface area contributed by atoms with Gasteiger partial charge in [-0.15, -0.1) is 0 Å². The molecule has 0 aliphatic rings. The molecule has 0 aromatic heterocycles. The van der Waals surface area contributed by atoms with Crippen molar-refractivity contribution >= 4 is 71.0 Å². The van der Waals surface area contributed by atoms with Crippen molar-refractivity contribution in [3.63, 3.8) is 0 Å². The highest BCUT2D eigenvalue weighted by Crippen LogP contribution is 2.17. The standard InChI is InChI=1S/C57H71N11O19/c1-29(70)48(57(86)87)68-55(84)42(26-33-11-17-36(73)18-12-33)65-51(80)39(23-30-5-3-2-4-6-30)63-52(81)40(24-31-7-13-34(71)14-8-31)64-54(83)43(27-47(76)77)66-56(85)44(28-69)67-53(82)41(25-32-9-15-35(72)16-10-32)62-50(79)38(20-22-46(60)75)61-49(78)37(58)19-21-45(59)74/h2-18,29,37-44,48,69-73H,19-28,58H2,1H3,(H2,59,74)(H2,60,75)(H,61,78)(H,62,79)(H,63,81)(H,64,83)(H,65,80)(H,66,85)(H,67,82)(H,68,84)(H,76,77)(H,86,87)/t29-,37+,38+,39+,40+,41+,42+,43+,44+,48+/m1/s1. The number of carboxylic acids is 2. The molecule has 21 N–H and O–H groups in total. The molecule has 0 spiro atoms. The van der Waals surface area contributed by atoms with Gasteiger partial charge in [0.2, 0.25) is 59.1 Å². The summed E-state index contributed by atoms with van der Waals surface area (Å²) in [6.07, 6.45) is -5.66. The van der Waals surface area contributed by atoms with Crippen LogP contribution >= 0.6 is 0 Å². The van der Waals surface area contributed by atoms with Crippen molar-refractivity contribution in [2.45, 2.75) is 125 Å². The Labute approximate surface area is 497 Å². The maximum Gasteiger partial charge on any atom is 0.328 e. The molecule has 87 heavy (non-hydrogen) atoms. The number of aliphatic hydroxyl groups excluding tert-OH is 2. The second-order valence-corrected chi connectivity index (χ2v) is 20.2. The van der Waals surface area contributed by atoms with Gasteiger partial charge in [-0.3, -0.25) is 52.7 Å². The molecule has 0 fully saturated rings. The monoisotopic (exact) mass is 1210 g/mol. The first-order valence-corrected chi connectivity index (χ1v) is 27.0. The zero-order valence-corrected chi connectivity index (χ0v) is 46.9. The molecule has 10 atom stereocenters. The van der Waals surface area contributed by atoms with E-state index in [9.17, 15) is 93.3 Å². The predicted octanol–water partition coefficient (Wildman–Crippen LogP) is -4.26. The Morgan fingerprint density at radius 2 is 0.724 bits per heavy atom. The Bertz CT molecular complexity index is 3060. The molecule has 0 saturated carbocycles. The van der Waals surface area contributed by atoms with Gasteiger partial charge in [-0.05, 0) is 78.4 Å². The summed E-state index contributed by atoms with van der Waals surface area (Å²) in [5.74, 6) is -14.7. The zero-order valence-electron chi connectivity index (χ0n) is 46.9. The normalized spacial score (nSPS) is 14.4. The van der Waals surface area contributed by atoms with Crippen LogP contribution in [0.3, 0.4) is 0 Å². The van der Waals surface area contributed by atoms with Crippen LogP contribution in [0, 0.1) is 0 Å². The number of aliphatic hydroxyl groups is 2. The third kappa shape index (κ3) is 23.8. The van der Waals surface area contributed by atoms with Gasteiger partial charge in [0.05, 0.1) is 25.2 Å². The van der Waals surface area contributed by atoms with Crippen molar-refractivity contribution in [3.8, 4) is 17.2 Å². The number of amides is 10. The van der Waals surface area contributed by atoms with Crippen LogP contribution in [0.15, 0.2) is 103 Å². The summed E-state index contributed by atoms with van der Waals surface area (Å²) < 4.78 is 0. The lowest BCUT2D eigenvalue weighted by atomic mass is 10.0. The average molecular weight is 1210 g/mol. The first kappa shape index (κ1) is 69.3. The van der Waals surface area contributed by atoms with Gasteiger partial charge in [0.25, 0.3) is 0 Å². The molecule has 0 aliphatic carbocycles. The molecule has 4 rings (SSSR count). The molecule has 0 aliphatic heterocycles. The number of nitrogens with one attached hydrogen (secondary N) is 8. The van der Waals surface area contributed by atoms with Crippen LogP contribution in [-0.4, -0.2) is 174 Å². The van der Waals surface area contributed by atoms with Crippen molar-refractivity contribution in [1.29, 1.82) is 0 Å². The molecule has 468 valence electrons. The minimum Gasteiger partial charge on any atom is -0.508 e. The van der Waals surface area contributed by atoms with E-state index < -0.39 is 170 Å². The number of carbonyl (C=O) groups excluding carboxylic acids is 10. The largest absolute Gasteiger partial charge is 0.508 e. The number of hydrogen-bond acceptors (Lipinski definition) is 18. The number of carboxylic acid groups (broad SMARTS) is 2. The summed E-state index contributed by atoms with van der Waals surface area (Å²) in [5.41, 5.74) is 17.7. The van der Waals surface area contributed by atoms with Crippen molar-refractivity contribution in [2.24, 2.45) is 17.2 Å². The van der Waals surface area contributed by atoms with Crippen molar-refractivity contribution in [3.05, 3.63) is 125 Å².